The van der Waals surface area contributed by atoms with Gasteiger partial charge in [-0.05, 0) is 13.8 Å². The van der Waals surface area contributed by atoms with Crippen LogP contribution < -0.4 is 0 Å². The summed E-state index contributed by atoms with van der Waals surface area (Å²) in [5, 5.41) is 39.1. The normalized spacial score (nSPS) is 10.0. The van der Waals surface area contributed by atoms with Crippen LogP contribution in [-0.2, 0) is 4.79 Å². The molecule has 0 spiro atoms. The van der Waals surface area contributed by atoms with Crippen LogP contribution in [0.4, 0.5) is 0 Å². The Hall–Kier alpha value is -0.950. The highest BCUT2D eigenvalue weighted by molar-refractivity contribution is 5.84. The van der Waals surface area contributed by atoms with Gasteiger partial charge in [0.05, 0.1) is 25.9 Å². The minimum absolute atomic E-state index is 0.125. The fourth-order valence-corrected chi connectivity index (χ4v) is 0. The van der Waals surface area contributed by atoms with E-state index in [9.17, 15) is 4.79 Å². The molecule has 0 aliphatic carbocycles. The van der Waals surface area contributed by atoms with E-state index in [1.807, 2.05) is 0 Å². The molecule has 6 heteroatoms. The van der Waals surface area contributed by atoms with E-state index in [1.165, 1.54) is 13.8 Å². The lowest BCUT2D eigenvalue weighted by Crippen LogP contribution is -2.03. The van der Waals surface area contributed by atoms with Crippen LogP contribution in [0.15, 0.2) is 12.2 Å². The largest absolute Gasteiger partial charge is 0.478 e. The number of carbonyl (C=O) groups is 1. The number of carboxylic acids is 1. The summed E-state index contributed by atoms with van der Waals surface area (Å²) in [6, 6.07) is 0. The molecular formula is C9H20O6. The molecule has 0 aromatic rings. The summed E-state index contributed by atoms with van der Waals surface area (Å²) in [6.45, 7) is 5.74. The molecule has 0 amide bonds. The van der Waals surface area contributed by atoms with Gasteiger partial charge in [-0.25, -0.2) is 4.79 Å². The van der Waals surface area contributed by atoms with Crippen molar-refractivity contribution in [2.24, 2.45) is 0 Å². The van der Waals surface area contributed by atoms with E-state index in [4.69, 9.17) is 25.5 Å². The maximum Gasteiger partial charge on any atom is 0.330 e. The molecule has 6 nitrogen and oxygen atoms in total. The van der Waals surface area contributed by atoms with Crippen molar-refractivity contribution in [1.29, 1.82) is 0 Å². The van der Waals surface area contributed by atoms with Crippen LogP contribution in [0.5, 0.6) is 0 Å². The fourth-order valence-electron chi connectivity index (χ4n) is 0. The number of hydrogen-bond donors (Lipinski definition) is 5. The molecule has 0 fully saturated rings. The molecule has 0 aromatic heterocycles. The molecule has 0 bridgehead atoms. The maximum absolute atomic E-state index is 9.60. The van der Waals surface area contributed by atoms with Gasteiger partial charge in [0, 0.05) is 5.57 Å². The first-order valence-electron chi connectivity index (χ1n) is 4.22. The first-order chi connectivity index (χ1) is 6.83. The van der Waals surface area contributed by atoms with E-state index in [0.29, 0.717) is 0 Å². The van der Waals surface area contributed by atoms with E-state index >= 15 is 0 Å². The van der Waals surface area contributed by atoms with Crippen LogP contribution in [0.3, 0.4) is 0 Å². The summed E-state index contributed by atoms with van der Waals surface area (Å²) in [7, 11) is 0. The highest BCUT2D eigenvalue weighted by Gasteiger charge is 1.90. The van der Waals surface area contributed by atoms with Crippen molar-refractivity contribution in [2.75, 3.05) is 19.8 Å². The van der Waals surface area contributed by atoms with Crippen molar-refractivity contribution in [3.63, 3.8) is 0 Å². The Balaban J connectivity index is -0.000000147. The van der Waals surface area contributed by atoms with Crippen LogP contribution in [0.1, 0.15) is 13.8 Å². The minimum atomic E-state index is -0.935. The van der Waals surface area contributed by atoms with Crippen LogP contribution in [-0.4, -0.2) is 57.4 Å². The number of rotatable bonds is 3. The predicted octanol–water partition coefficient (Wildman–Crippen LogP) is -1.02. The highest BCUT2D eigenvalue weighted by atomic mass is 16.4. The summed E-state index contributed by atoms with van der Waals surface area (Å²) in [4.78, 5) is 9.60. The van der Waals surface area contributed by atoms with E-state index in [-0.39, 0.29) is 25.4 Å². The molecule has 0 saturated carbocycles. The maximum atomic E-state index is 9.60. The van der Waals surface area contributed by atoms with Crippen LogP contribution in [0.2, 0.25) is 0 Å². The summed E-state index contributed by atoms with van der Waals surface area (Å²) >= 11 is 0. The molecular weight excluding hydrogens is 204 g/mol. The van der Waals surface area contributed by atoms with Crippen molar-refractivity contribution in [3.05, 3.63) is 12.2 Å². The second-order valence-electron chi connectivity index (χ2n) is 2.56. The molecule has 0 saturated heterocycles. The summed E-state index contributed by atoms with van der Waals surface area (Å²) in [5.41, 5.74) is 0.176. The molecule has 0 radical (unpaired) electrons. The average molecular weight is 224 g/mol. The first kappa shape index (κ1) is 19.6. The third-order valence-corrected chi connectivity index (χ3v) is 0.729. The number of carboxylic acid groups (broad SMARTS) is 1. The zero-order chi connectivity index (χ0) is 12.9. The van der Waals surface area contributed by atoms with Gasteiger partial charge in [-0.3, -0.25) is 0 Å². The first-order valence-corrected chi connectivity index (χ1v) is 4.22. The second-order valence-corrected chi connectivity index (χ2v) is 2.56. The zero-order valence-corrected chi connectivity index (χ0v) is 9.05. The Labute approximate surface area is 89.1 Å². The number of aliphatic hydroxyl groups excluding tert-OH is 4. The lowest BCUT2D eigenvalue weighted by atomic mass is 10.4. The van der Waals surface area contributed by atoms with Gasteiger partial charge in [-0.1, -0.05) is 6.58 Å². The molecule has 0 heterocycles. The van der Waals surface area contributed by atoms with Gasteiger partial charge in [0.1, 0.15) is 0 Å². The quantitative estimate of drug-likeness (QED) is 0.391. The number of aliphatic hydroxyl groups is 4. The van der Waals surface area contributed by atoms with Crippen molar-refractivity contribution in [1.82, 2.24) is 0 Å². The molecule has 5 N–H and O–H groups in total. The molecule has 0 aliphatic heterocycles. The topological polar surface area (TPSA) is 118 Å². The van der Waals surface area contributed by atoms with Gasteiger partial charge in [-0.2, -0.15) is 0 Å². The van der Waals surface area contributed by atoms with Crippen molar-refractivity contribution < 1.29 is 30.3 Å². The Morgan fingerprint density at radius 3 is 1.47 bits per heavy atom. The second kappa shape index (κ2) is 15.5. The monoisotopic (exact) mass is 224 g/mol. The van der Waals surface area contributed by atoms with Gasteiger partial charge in [0.25, 0.3) is 0 Å². The van der Waals surface area contributed by atoms with E-state index in [1.54, 1.807) is 0 Å². The average Bonchev–Trinajstić information content (AvgIpc) is 2.19. The summed E-state index contributed by atoms with van der Waals surface area (Å²) < 4.78 is 0. The van der Waals surface area contributed by atoms with Gasteiger partial charge < -0.3 is 25.5 Å². The molecule has 0 rings (SSSR count). The van der Waals surface area contributed by atoms with E-state index in [2.05, 4.69) is 6.58 Å². The highest BCUT2D eigenvalue weighted by Crippen LogP contribution is 1.81. The molecule has 1 unspecified atom stereocenters. The van der Waals surface area contributed by atoms with Crippen molar-refractivity contribution in [2.45, 2.75) is 20.0 Å². The minimum Gasteiger partial charge on any atom is -0.478 e. The molecule has 92 valence electrons. The third-order valence-electron chi connectivity index (χ3n) is 0.729. The Kier molecular flexibility index (Phi) is 20.3. The van der Waals surface area contributed by atoms with Crippen LogP contribution >= 0.6 is 0 Å². The smallest absolute Gasteiger partial charge is 0.330 e. The number of aliphatic carboxylic acids is 1. The van der Waals surface area contributed by atoms with Crippen molar-refractivity contribution in [3.8, 4) is 0 Å². The molecule has 15 heavy (non-hydrogen) atoms. The lowest BCUT2D eigenvalue weighted by molar-refractivity contribution is -0.132. The Morgan fingerprint density at radius 2 is 1.47 bits per heavy atom. The molecule has 0 aliphatic rings. The van der Waals surface area contributed by atoms with Gasteiger partial charge in [-0.15, -0.1) is 0 Å². The Morgan fingerprint density at radius 1 is 1.27 bits per heavy atom. The van der Waals surface area contributed by atoms with E-state index in [0.717, 1.165) is 0 Å². The fraction of sp³-hybridized carbons (Fsp3) is 0.667. The van der Waals surface area contributed by atoms with Crippen LogP contribution in [0, 0.1) is 0 Å². The summed E-state index contributed by atoms with van der Waals surface area (Å²) in [5.74, 6) is -0.935. The molecule has 0 aromatic carbocycles. The number of hydrogen-bond acceptors (Lipinski definition) is 5. The van der Waals surface area contributed by atoms with E-state index < -0.39 is 12.1 Å². The molecule has 1 atom stereocenters. The zero-order valence-electron chi connectivity index (χ0n) is 9.05. The summed E-state index contributed by atoms with van der Waals surface area (Å²) in [6.07, 6.45) is -0.560. The Bertz CT molecular complexity index is 141. The third kappa shape index (κ3) is 43.5. The van der Waals surface area contributed by atoms with Crippen molar-refractivity contribution >= 4 is 5.97 Å². The van der Waals surface area contributed by atoms with Crippen LogP contribution in [0.25, 0.3) is 0 Å². The lowest BCUT2D eigenvalue weighted by Gasteiger charge is -1.90. The van der Waals surface area contributed by atoms with Gasteiger partial charge in [0.2, 0.25) is 0 Å². The predicted molar refractivity (Wildman–Crippen MR) is 55.4 cm³/mol. The SMILES string of the molecule is C=C(C)C(=O)O.CC(O)CO.OCCO. The van der Waals surface area contributed by atoms with Gasteiger partial charge >= 0.3 is 5.97 Å². The van der Waals surface area contributed by atoms with Gasteiger partial charge in [0.15, 0.2) is 0 Å². The standard InChI is InChI=1S/C4H6O2.C3H8O2.C2H6O2/c1-3(2)4(5)6;1-3(5)2-4;3-1-2-4/h1H2,2H3,(H,5,6);3-5H,2H2,1H3;3-4H,1-2H2.